The molecule has 0 aliphatic rings. The first-order chi connectivity index (χ1) is 18.1. The molecule has 3 aromatic rings. The molecule has 0 saturated heterocycles. The molecule has 36 heavy (non-hydrogen) atoms. The molecule has 10 nitrogen and oxygen atoms in total. The van der Waals surface area contributed by atoms with Gasteiger partial charge in [0.25, 0.3) is 0 Å². The summed E-state index contributed by atoms with van der Waals surface area (Å²) in [5.74, 6) is -0.591. The average Bonchev–Trinajstić information content (AvgIpc) is 3.30. The van der Waals surface area contributed by atoms with E-state index < -0.39 is 33.8 Å². The summed E-state index contributed by atoms with van der Waals surface area (Å²) in [6, 6.07) is 3.53. The predicted octanol–water partition coefficient (Wildman–Crippen LogP) is 4.43. The van der Waals surface area contributed by atoms with Gasteiger partial charge in [-0.05, 0) is 45.4 Å². The Morgan fingerprint density at radius 1 is 1.31 bits per heavy atom. The number of sulfonamides is 1. The molecule has 0 radical (unpaired) electrons. The van der Waals surface area contributed by atoms with Crippen LogP contribution in [0.4, 0.5) is 14.9 Å². The molecular weight excluding hydrogens is 511 g/mol. The molecule has 194 valence electrons. The Kier molecular flexibility index (Phi) is 7.21. The number of aryl methyl sites for hydroxylation is 1. The molecule has 13 heteroatoms. The summed E-state index contributed by atoms with van der Waals surface area (Å²) in [6.07, 6.45) is 0.169. The van der Waals surface area contributed by atoms with E-state index in [9.17, 15) is 13.2 Å². The smallest absolute Gasteiger partial charge is 0.407 e. The van der Waals surface area contributed by atoms with Crippen molar-refractivity contribution in [2.75, 3.05) is 18.0 Å². The number of methoxy groups -OCH3 is 1. The zero-order chi connectivity index (χ0) is 29.1. The minimum Gasteiger partial charge on any atom is -0.453 e. The van der Waals surface area contributed by atoms with Crippen molar-refractivity contribution in [2.45, 2.75) is 45.7 Å². The zero-order valence-corrected chi connectivity index (χ0v) is 21.6. The van der Waals surface area contributed by atoms with Crippen molar-refractivity contribution < 1.29 is 26.5 Å². The fourth-order valence-corrected chi connectivity index (χ4v) is 4.03. The fourth-order valence-electron chi connectivity index (χ4n) is 3.37. The van der Waals surface area contributed by atoms with Crippen LogP contribution in [0, 0.1) is 5.82 Å². The number of rotatable bonds is 9. The van der Waals surface area contributed by atoms with E-state index in [4.69, 9.17) is 15.7 Å². The number of ether oxygens (including phenoxy) is 1. The number of carbonyl (C=O) groups is 1. The van der Waals surface area contributed by atoms with Gasteiger partial charge < -0.3 is 10.1 Å². The maximum absolute atomic E-state index is 15.7. The summed E-state index contributed by atoms with van der Waals surface area (Å²) in [5.41, 5.74) is 0.159. The number of halogens is 2. The number of anilines is 1. The molecule has 0 aliphatic carbocycles. The molecule has 0 bridgehead atoms. The van der Waals surface area contributed by atoms with E-state index in [1.54, 1.807) is 21.7 Å². The Labute approximate surface area is 218 Å². The Balaban J connectivity index is 2.05. The van der Waals surface area contributed by atoms with Crippen molar-refractivity contribution in [3.8, 4) is 22.5 Å². The van der Waals surface area contributed by atoms with E-state index in [2.05, 4.69) is 25.1 Å². The van der Waals surface area contributed by atoms with Gasteiger partial charge in [-0.15, -0.1) is 0 Å². The summed E-state index contributed by atoms with van der Waals surface area (Å²) < 4.78 is 69.7. The molecule has 0 fully saturated rings. The second kappa shape index (κ2) is 11.2. The lowest BCUT2D eigenvalue weighted by Gasteiger charge is -2.12. The number of hydrogen-bond donors (Lipinski definition) is 2. The molecule has 0 aliphatic heterocycles. The Morgan fingerprint density at radius 2 is 2.06 bits per heavy atom. The molecule has 0 unspecified atom stereocenters. The van der Waals surface area contributed by atoms with Crippen molar-refractivity contribution in [3.05, 3.63) is 47.3 Å². The Bertz CT molecular complexity index is 1470. The lowest BCUT2D eigenvalue weighted by Crippen LogP contribution is -2.32. The standard InChI is InChI=1S/C23H28ClFN6O4S/c1-13(2)31-12-17(18-8-9-26-20(28-18)7-6-14(3)27-23(32)35-4)22(29-31)16-10-15(24)11-19(21(16)25)30-36(5,33)34/h8-14,30H,6-7H2,1-5H3,(H,27,32)/t14-/m0/s1/i5D3. The van der Waals surface area contributed by atoms with Crippen LogP contribution < -0.4 is 10.0 Å². The topological polar surface area (TPSA) is 128 Å². The van der Waals surface area contributed by atoms with Gasteiger partial charge in [0, 0.05) is 51.2 Å². The lowest BCUT2D eigenvalue weighted by atomic mass is 10.0. The summed E-state index contributed by atoms with van der Waals surface area (Å²) >= 11 is 6.18. The number of benzene rings is 1. The Hall–Kier alpha value is -3.25. The monoisotopic (exact) mass is 541 g/mol. The van der Waals surface area contributed by atoms with Crippen molar-refractivity contribution in [3.63, 3.8) is 0 Å². The third-order valence-corrected chi connectivity index (χ3v) is 5.84. The average molecular weight is 542 g/mol. The van der Waals surface area contributed by atoms with E-state index in [1.807, 2.05) is 20.8 Å². The SMILES string of the molecule is [2H]C([2H])([2H])S(=O)(=O)Nc1cc(Cl)cc(-c2nn(C(C)C)cc2-c2ccnc(CC[C@H](C)NC(=O)OC)n2)c1F. The highest BCUT2D eigenvalue weighted by Crippen LogP contribution is 2.37. The van der Waals surface area contributed by atoms with E-state index >= 15 is 4.39 Å². The third-order valence-electron chi connectivity index (χ3n) is 5.13. The van der Waals surface area contributed by atoms with Crippen molar-refractivity contribution in [1.29, 1.82) is 0 Å². The first-order valence-corrected chi connectivity index (χ1v) is 12.8. The number of nitrogens with zero attached hydrogens (tertiary/aromatic N) is 4. The first kappa shape index (κ1) is 23.2. The molecule has 0 saturated carbocycles. The van der Waals surface area contributed by atoms with Crippen molar-refractivity contribution >= 4 is 33.4 Å². The van der Waals surface area contributed by atoms with E-state index in [0.29, 0.717) is 29.9 Å². The number of alkyl carbamates (subject to hydrolysis) is 1. The molecule has 2 heterocycles. The first-order valence-electron chi connectivity index (χ1n) is 12.4. The summed E-state index contributed by atoms with van der Waals surface area (Å²) in [5, 5.41) is 7.12. The molecular formula is C23H28ClFN6O4S. The van der Waals surface area contributed by atoms with Crippen LogP contribution in [0.25, 0.3) is 22.5 Å². The molecule has 2 aromatic heterocycles. The summed E-state index contributed by atoms with van der Waals surface area (Å²) in [7, 11) is -3.64. The molecule has 3 rings (SSSR count). The molecule has 1 atom stereocenters. The van der Waals surface area contributed by atoms with Crippen LogP contribution in [0.5, 0.6) is 0 Å². The molecule has 1 amide bonds. The number of aromatic nitrogens is 4. The number of hydrogen-bond acceptors (Lipinski definition) is 7. The van der Waals surface area contributed by atoms with Gasteiger partial charge in [0.2, 0.25) is 10.0 Å². The van der Waals surface area contributed by atoms with E-state index in [-0.39, 0.29) is 28.4 Å². The minimum absolute atomic E-state index is 0.0461. The number of carbonyl (C=O) groups excluding carboxylic acids is 1. The fraction of sp³-hybridized carbons (Fsp3) is 0.391. The molecule has 1 aromatic carbocycles. The zero-order valence-electron chi connectivity index (χ0n) is 23.0. The van der Waals surface area contributed by atoms with Crippen LogP contribution in [-0.4, -0.2) is 53.6 Å². The highest BCUT2D eigenvalue weighted by Gasteiger charge is 2.22. The van der Waals surface area contributed by atoms with E-state index in [0.717, 1.165) is 6.07 Å². The van der Waals surface area contributed by atoms with Crippen LogP contribution in [0.1, 0.15) is 43.2 Å². The Morgan fingerprint density at radius 3 is 2.72 bits per heavy atom. The quantitative estimate of drug-likeness (QED) is 0.410. The predicted molar refractivity (Wildman–Crippen MR) is 136 cm³/mol. The molecule has 2 N–H and O–H groups in total. The third kappa shape index (κ3) is 6.91. The van der Waals surface area contributed by atoms with Crippen molar-refractivity contribution in [2.24, 2.45) is 0 Å². The van der Waals surface area contributed by atoms with Gasteiger partial charge in [-0.25, -0.2) is 27.6 Å². The van der Waals surface area contributed by atoms with Crippen LogP contribution >= 0.6 is 11.6 Å². The van der Waals surface area contributed by atoms with Crippen LogP contribution in [0.2, 0.25) is 5.02 Å². The van der Waals surface area contributed by atoms with Crippen LogP contribution in [0.3, 0.4) is 0 Å². The normalized spacial score (nSPS) is 14.0. The van der Waals surface area contributed by atoms with Crippen molar-refractivity contribution in [1.82, 2.24) is 25.1 Å². The summed E-state index contributed by atoms with van der Waals surface area (Å²) in [6.45, 7) is 5.54. The lowest BCUT2D eigenvalue weighted by molar-refractivity contribution is 0.167. The van der Waals surface area contributed by atoms with Crippen LogP contribution in [-0.2, 0) is 21.2 Å². The number of amides is 1. The second-order valence-corrected chi connectivity index (χ2v) is 9.97. The van der Waals surface area contributed by atoms with Gasteiger partial charge in [-0.2, -0.15) is 5.10 Å². The maximum atomic E-state index is 15.7. The number of nitrogens with one attached hydrogen (secondary N) is 2. The largest absolute Gasteiger partial charge is 0.453 e. The second-order valence-electron chi connectivity index (χ2n) is 8.32. The van der Waals surface area contributed by atoms with Gasteiger partial charge in [0.05, 0.1) is 24.7 Å². The van der Waals surface area contributed by atoms with E-state index in [1.165, 1.54) is 19.4 Å². The van der Waals surface area contributed by atoms with Gasteiger partial charge in [0.1, 0.15) is 11.5 Å². The maximum Gasteiger partial charge on any atom is 0.407 e. The minimum atomic E-state index is -4.92. The molecule has 0 spiro atoms. The highest BCUT2D eigenvalue weighted by atomic mass is 35.5. The van der Waals surface area contributed by atoms with Gasteiger partial charge in [-0.1, -0.05) is 11.6 Å². The van der Waals surface area contributed by atoms with Crippen LogP contribution in [0.15, 0.2) is 30.6 Å². The van der Waals surface area contributed by atoms with Gasteiger partial charge >= 0.3 is 6.09 Å². The van der Waals surface area contributed by atoms with Gasteiger partial charge in [0.15, 0.2) is 5.82 Å². The van der Waals surface area contributed by atoms with Gasteiger partial charge in [-0.3, -0.25) is 9.40 Å². The highest BCUT2D eigenvalue weighted by molar-refractivity contribution is 7.92. The summed E-state index contributed by atoms with van der Waals surface area (Å²) in [4.78, 5) is 20.3.